The van der Waals surface area contributed by atoms with Crippen LogP contribution in [-0.2, 0) is 10.0 Å². The molecule has 0 unspecified atom stereocenters. The molecule has 1 aliphatic heterocycles. The number of hydrogen-bond acceptors (Lipinski definition) is 6. The third kappa shape index (κ3) is 3.26. The van der Waals surface area contributed by atoms with Gasteiger partial charge in [-0.1, -0.05) is 0 Å². The predicted molar refractivity (Wildman–Crippen MR) is 89.2 cm³/mol. The Kier molecular flexibility index (Phi) is 4.19. The normalized spacial score (nSPS) is 19.8. The van der Waals surface area contributed by atoms with Gasteiger partial charge < -0.3 is 9.88 Å². The molecule has 0 bridgehead atoms. The van der Waals surface area contributed by atoms with E-state index < -0.39 is 10.0 Å². The molecule has 23 heavy (non-hydrogen) atoms. The first kappa shape index (κ1) is 16.4. The van der Waals surface area contributed by atoms with E-state index in [0.717, 1.165) is 0 Å². The van der Waals surface area contributed by atoms with Crippen molar-refractivity contribution in [1.29, 1.82) is 0 Å². The van der Waals surface area contributed by atoms with Crippen LogP contribution < -0.4 is 5.32 Å². The topological polar surface area (TPSA) is 93.0 Å². The molecule has 3 heterocycles. The van der Waals surface area contributed by atoms with Gasteiger partial charge in [0, 0.05) is 25.2 Å². The number of aromatic nitrogens is 4. The predicted octanol–water partition coefficient (Wildman–Crippen LogP) is 1.51. The van der Waals surface area contributed by atoms with Crippen LogP contribution in [0.25, 0.3) is 11.2 Å². The second-order valence-electron chi connectivity index (χ2n) is 6.01. The molecule has 1 fully saturated rings. The number of imidazole rings is 1. The van der Waals surface area contributed by atoms with Gasteiger partial charge in [-0.3, -0.25) is 0 Å². The summed E-state index contributed by atoms with van der Waals surface area (Å²) in [5, 5.41) is 3.40. The molecular formula is C13H19ClN6O2S. The van der Waals surface area contributed by atoms with Crippen LogP contribution in [0.1, 0.15) is 26.3 Å². The van der Waals surface area contributed by atoms with Crippen molar-refractivity contribution >= 4 is 38.6 Å². The molecule has 126 valence electrons. The molecule has 0 saturated carbocycles. The van der Waals surface area contributed by atoms with E-state index in [1.54, 1.807) is 6.33 Å². The molecule has 0 radical (unpaired) electrons. The monoisotopic (exact) mass is 358 g/mol. The van der Waals surface area contributed by atoms with Gasteiger partial charge in [0.25, 0.3) is 0 Å². The first-order valence-electron chi connectivity index (χ1n) is 7.37. The summed E-state index contributed by atoms with van der Waals surface area (Å²) in [7, 11) is -3.17. The highest BCUT2D eigenvalue weighted by molar-refractivity contribution is 7.88. The van der Waals surface area contributed by atoms with E-state index in [1.165, 1.54) is 10.6 Å². The number of nitrogens with zero attached hydrogens (tertiary/aromatic N) is 5. The lowest BCUT2D eigenvalue weighted by molar-refractivity contribution is 0.480. The van der Waals surface area contributed by atoms with E-state index in [2.05, 4.69) is 20.3 Å². The maximum atomic E-state index is 11.6. The molecule has 2 aromatic rings. The zero-order valence-electron chi connectivity index (χ0n) is 13.2. The summed E-state index contributed by atoms with van der Waals surface area (Å²) in [4.78, 5) is 12.9. The van der Waals surface area contributed by atoms with Crippen molar-refractivity contribution in [3.05, 3.63) is 11.6 Å². The Hall–Kier alpha value is -1.45. The minimum atomic E-state index is -3.17. The molecule has 1 N–H and O–H groups in total. The van der Waals surface area contributed by atoms with Crippen molar-refractivity contribution in [2.24, 2.45) is 0 Å². The second kappa shape index (κ2) is 5.88. The van der Waals surface area contributed by atoms with Gasteiger partial charge in [0.1, 0.15) is 0 Å². The largest absolute Gasteiger partial charge is 0.364 e. The van der Waals surface area contributed by atoms with Crippen molar-refractivity contribution in [2.75, 3.05) is 24.7 Å². The number of sulfonamides is 1. The number of fused-ring (bicyclic) bond motifs is 1. The van der Waals surface area contributed by atoms with Gasteiger partial charge >= 0.3 is 0 Å². The molecule has 0 spiro atoms. The summed E-state index contributed by atoms with van der Waals surface area (Å²) < 4.78 is 26.6. The summed E-state index contributed by atoms with van der Waals surface area (Å²) in [6.07, 6.45) is 3.64. The maximum absolute atomic E-state index is 11.6. The molecule has 10 heteroatoms. The highest BCUT2D eigenvalue weighted by Gasteiger charge is 2.29. The number of nitrogens with one attached hydrogen (secondary N) is 1. The molecule has 2 aromatic heterocycles. The van der Waals surface area contributed by atoms with Gasteiger partial charge in [-0.15, -0.1) is 0 Å². The first-order valence-corrected chi connectivity index (χ1v) is 9.60. The molecule has 0 aliphatic carbocycles. The first-order chi connectivity index (χ1) is 10.8. The SMILES string of the molecule is CC(C)n1cnc2c(N[C@H]3CCN(S(C)(=O)=O)C3)nc(Cl)nc21. The van der Waals surface area contributed by atoms with E-state index in [0.29, 0.717) is 36.5 Å². The highest BCUT2D eigenvalue weighted by Crippen LogP contribution is 2.25. The minimum absolute atomic E-state index is 0.0249. The van der Waals surface area contributed by atoms with Gasteiger partial charge in [0.05, 0.1) is 12.6 Å². The van der Waals surface area contributed by atoms with Crippen LogP contribution in [0, 0.1) is 0 Å². The Morgan fingerprint density at radius 3 is 2.74 bits per heavy atom. The van der Waals surface area contributed by atoms with Gasteiger partial charge in [0.2, 0.25) is 15.3 Å². The minimum Gasteiger partial charge on any atom is -0.364 e. The molecule has 1 aliphatic rings. The fourth-order valence-corrected chi connectivity index (χ4v) is 3.76. The van der Waals surface area contributed by atoms with Crippen LogP contribution in [0.4, 0.5) is 5.82 Å². The van der Waals surface area contributed by atoms with Gasteiger partial charge in [-0.25, -0.2) is 17.7 Å². The fourth-order valence-electron chi connectivity index (χ4n) is 2.71. The van der Waals surface area contributed by atoms with Crippen molar-refractivity contribution < 1.29 is 8.42 Å². The van der Waals surface area contributed by atoms with Gasteiger partial charge in [-0.05, 0) is 31.9 Å². The molecule has 3 rings (SSSR count). The third-order valence-electron chi connectivity index (χ3n) is 3.91. The summed E-state index contributed by atoms with van der Waals surface area (Å²) in [5.74, 6) is 0.541. The second-order valence-corrected chi connectivity index (χ2v) is 8.33. The smallest absolute Gasteiger partial charge is 0.226 e. The van der Waals surface area contributed by atoms with Crippen molar-refractivity contribution in [2.45, 2.75) is 32.4 Å². The zero-order chi connectivity index (χ0) is 16.8. The number of halogens is 1. The van der Waals surface area contributed by atoms with Crippen LogP contribution >= 0.6 is 11.6 Å². The average Bonchev–Trinajstić information content (AvgIpc) is 3.04. The lowest BCUT2D eigenvalue weighted by Crippen LogP contribution is -2.30. The van der Waals surface area contributed by atoms with Crippen molar-refractivity contribution in [3.8, 4) is 0 Å². The molecule has 0 aromatic carbocycles. The highest BCUT2D eigenvalue weighted by atomic mass is 35.5. The lowest BCUT2D eigenvalue weighted by atomic mass is 10.2. The van der Waals surface area contributed by atoms with Gasteiger partial charge in [-0.2, -0.15) is 9.97 Å². The van der Waals surface area contributed by atoms with E-state index in [4.69, 9.17) is 11.6 Å². The molecule has 8 nitrogen and oxygen atoms in total. The number of hydrogen-bond donors (Lipinski definition) is 1. The van der Waals surface area contributed by atoms with Crippen LogP contribution in [0.15, 0.2) is 6.33 Å². The zero-order valence-corrected chi connectivity index (χ0v) is 14.8. The van der Waals surface area contributed by atoms with E-state index in [9.17, 15) is 8.42 Å². The summed E-state index contributed by atoms with van der Waals surface area (Å²) in [6.45, 7) is 4.97. The Morgan fingerprint density at radius 2 is 2.13 bits per heavy atom. The average molecular weight is 359 g/mol. The number of rotatable bonds is 4. The Bertz CT molecular complexity index is 834. The van der Waals surface area contributed by atoms with Crippen LogP contribution in [0.5, 0.6) is 0 Å². The summed E-state index contributed by atoms with van der Waals surface area (Å²) in [5.41, 5.74) is 1.31. The number of anilines is 1. The van der Waals surface area contributed by atoms with Crippen LogP contribution in [-0.4, -0.2) is 57.6 Å². The summed E-state index contributed by atoms with van der Waals surface area (Å²) >= 11 is 6.03. The third-order valence-corrected chi connectivity index (χ3v) is 5.35. The summed E-state index contributed by atoms with van der Waals surface area (Å²) in [6, 6.07) is 0.175. The standard InChI is InChI=1S/C13H19ClN6O2S/c1-8(2)20-7-15-10-11(17-13(14)18-12(10)20)16-9-4-5-19(6-9)23(3,21)22/h7-9H,4-6H2,1-3H3,(H,16,17,18)/t9-/m0/s1. The van der Waals surface area contributed by atoms with E-state index in [-0.39, 0.29) is 17.4 Å². The van der Waals surface area contributed by atoms with Gasteiger partial charge in [0.15, 0.2) is 17.0 Å². The quantitative estimate of drug-likeness (QED) is 0.833. The van der Waals surface area contributed by atoms with Crippen LogP contribution in [0.3, 0.4) is 0 Å². The van der Waals surface area contributed by atoms with E-state index >= 15 is 0 Å². The van der Waals surface area contributed by atoms with Crippen LogP contribution in [0.2, 0.25) is 5.28 Å². The Morgan fingerprint density at radius 1 is 1.39 bits per heavy atom. The lowest BCUT2D eigenvalue weighted by Gasteiger charge is -2.15. The fraction of sp³-hybridized carbons (Fsp3) is 0.615. The van der Waals surface area contributed by atoms with E-state index in [1.807, 2.05) is 18.4 Å². The maximum Gasteiger partial charge on any atom is 0.226 e. The molecule has 1 saturated heterocycles. The molecular weight excluding hydrogens is 340 g/mol. The molecule has 1 atom stereocenters. The van der Waals surface area contributed by atoms with Crippen molar-refractivity contribution in [3.63, 3.8) is 0 Å². The Balaban J connectivity index is 1.89. The Labute approximate surface area is 139 Å². The van der Waals surface area contributed by atoms with Crippen molar-refractivity contribution in [1.82, 2.24) is 23.8 Å². The molecule has 0 amide bonds.